The van der Waals surface area contributed by atoms with E-state index in [2.05, 4.69) is 31.2 Å². The Morgan fingerprint density at radius 1 is 1.00 bits per heavy atom. The number of rotatable bonds is 4. The van der Waals surface area contributed by atoms with Gasteiger partial charge in [-0.15, -0.1) is 0 Å². The Morgan fingerprint density at radius 3 is 2.04 bits per heavy atom. The summed E-state index contributed by atoms with van der Waals surface area (Å²) < 4.78 is 13.0. The van der Waals surface area contributed by atoms with Gasteiger partial charge in [-0.05, 0) is 41.5 Å². The van der Waals surface area contributed by atoms with Crippen LogP contribution in [0.4, 0.5) is 0 Å². The van der Waals surface area contributed by atoms with E-state index in [1.807, 2.05) is 29.2 Å². The number of hydrogen-bond donors (Lipinski definition) is 0. The Kier molecular flexibility index (Phi) is 4.24. The standard InChI is InChI=1S/C21H23NO2S/c1-2-21(25(24)15-20(23)22-13-7-8-14-22)18-11-5-3-9-16(18)17-10-4-6-12-19(17)21/h3-6,9-12H,2,7-8,13-15H2,1H3. The molecule has 0 spiro atoms. The summed E-state index contributed by atoms with van der Waals surface area (Å²) >= 11 is 0. The Morgan fingerprint density at radius 2 is 1.52 bits per heavy atom. The molecule has 0 aromatic heterocycles. The topological polar surface area (TPSA) is 37.4 Å². The van der Waals surface area contributed by atoms with Gasteiger partial charge in [0, 0.05) is 23.9 Å². The van der Waals surface area contributed by atoms with E-state index in [0.29, 0.717) is 0 Å². The number of fused-ring (bicyclic) bond motifs is 3. The van der Waals surface area contributed by atoms with Gasteiger partial charge in [0.15, 0.2) is 0 Å². The number of carbonyl (C=O) groups is 1. The first kappa shape index (κ1) is 16.5. The van der Waals surface area contributed by atoms with Crippen LogP contribution in [0.3, 0.4) is 0 Å². The summed E-state index contributed by atoms with van der Waals surface area (Å²) in [5, 5.41) is 0. The Balaban J connectivity index is 1.77. The van der Waals surface area contributed by atoms with Crippen molar-refractivity contribution in [3.05, 3.63) is 59.7 Å². The molecule has 0 radical (unpaired) electrons. The molecule has 2 aromatic carbocycles. The van der Waals surface area contributed by atoms with Crippen molar-refractivity contribution in [3.8, 4) is 11.1 Å². The zero-order chi connectivity index (χ0) is 17.4. The second-order valence-electron chi connectivity index (χ2n) is 6.85. The Bertz CT molecular complexity index is 794. The monoisotopic (exact) mass is 353 g/mol. The van der Waals surface area contributed by atoms with Gasteiger partial charge in [0.05, 0.1) is 4.75 Å². The molecule has 1 heterocycles. The third-order valence-electron chi connectivity index (χ3n) is 5.61. The molecule has 4 rings (SSSR count). The molecule has 1 aliphatic heterocycles. The Labute approximate surface area is 151 Å². The molecule has 3 nitrogen and oxygen atoms in total. The van der Waals surface area contributed by atoms with Crippen LogP contribution < -0.4 is 0 Å². The highest BCUT2D eigenvalue weighted by molar-refractivity contribution is 7.87. The predicted molar refractivity (Wildman–Crippen MR) is 102 cm³/mol. The van der Waals surface area contributed by atoms with Crippen molar-refractivity contribution in [3.63, 3.8) is 0 Å². The van der Waals surface area contributed by atoms with Crippen molar-refractivity contribution in [1.29, 1.82) is 0 Å². The van der Waals surface area contributed by atoms with Crippen LogP contribution in [0.5, 0.6) is 0 Å². The number of nitrogens with zero attached hydrogens (tertiary/aromatic N) is 1. The van der Waals surface area contributed by atoms with Crippen molar-refractivity contribution in [2.24, 2.45) is 0 Å². The van der Waals surface area contributed by atoms with Crippen molar-refractivity contribution >= 4 is 16.7 Å². The normalized spacial score (nSPS) is 18.7. The van der Waals surface area contributed by atoms with E-state index in [4.69, 9.17) is 0 Å². The minimum absolute atomic E-state index is 0.0329. The van der Waals surface area contributed by atoms with Gasteiger partial charge >= 0.3 is 0 Å². The molecule has 1 fully saturated rings. The van der Waals surface area contributed by atoms with Crippen LogP contribution in [0, 0.1) is 0 Å². The maximum Gasteiger partial charge on any atom is 0.235 e. The molecule has 0 N–H and O–H groups in total. The SMILES string of the molecule is CCC1(S(=O)CC(=O)N2CCCC2)c2ccccc2-c2ccccc21. The molecular formula is C21H23NO2S. The van der Waals surface area contributed by atoms with Gasteiger partial charge in [0.2, 0.25) is 5.91 Å². The second kappa shape index (κ2) is 6.41. The maximum absolute atomic E-state index is 13.6. The average Bonchev–Trinajstić information content (AvgIpc) is 3.27. The van der Waals surface area contributed by atoms with Crippen LogP contribution in [0.15, 0.2) is 48.5 Å². The van der Waals surface area contributed by atoms with Crippen LogP contribution in [0.1, 0.15) is 37.3 Å². The van der Waals surface area contributed by atoms with Crippen LogP contribution in [-0.4, -0.2) is 33.9 Å². The van der Waals surface area contributed by atoms with Crippen LogP contribution in [0.2, 0.25) is 0 Å². The number of benzene rings is 2. The lowest BCUT2D eigenvalue weighted by Gasteiger charge is -2.30. The highest BCUT2D eigenvalue weighted by Crippen LogP contribution is 2.52. The van der Waals surface area contributed by atoms with Crippen molar-refractivity contribution in [2.45, 2.75) is 30.9 Å². The van der Waals surface area contributed by atoms with E-state index in [0.717, 1.165) is 54.6 Å². The molecule has 0 saturated carbocycles. The van der Waals surface area contributed by atoms with Crippen molar-refractivity contribution in [2.75, 3.05) is 18.8 Å². The molecule has 130 valence electrons. The summed E-state index contributed by atoms with van der Waals surface area (Å²) in [6.45, 7) is 3.70. The van der Waals surface area contributed by atoms with Crippen LogP contribution >= 0.6 is 0 Å². The number of hydrogen-bond acceptors (Lipinski definition) is 2. The lowest BCUT2D eigenvalue weighted by atomic mass is 9.93. The van der Waals surface area contributed by atoms with Gasteiger partial charge in [-0.2, -0.15) is 0 Å². The zero-order valence-electron chi connectivity index (χ0n) is 14.5. The zero-order valence-corrected chi connectivity index (χ0v) is 15.3. The predicted octanol–water partition coefficient (Wildman–Crippen LogP) is 3.69. The fourth-order valence-corrected chi connectivity index (χ4v) is 6.19. The molecule has 25 heavy (non-hydrogen) atoms. The minimum atomic E-state index is -1.29. The summed E-state index contributed by atoms with van der Waals surface area (Å²) in [5.74, 6) is 0.141. The molecule has 1 aliphatic carbocycles. The molecule has 1 saturated heterocycles. The van der Waals surface area contributed by atoms with E-state index in [1.165, 1.54) is 0 Å². The van der Waals surface area contributed by atoms with Crippen LogP contribution in [-0.2, 0) is 20.3 Å². The molecule has 0 bridgehead atoms. The highest BCUT2D eigenvalue weighted by Gasteiger charge is 2.47. The molecule has 1 amide bonds. The first-order valence-corrected chi connectivity index (χ1v) is 10.4. The van der Waals surface area contributed by atoms with E-state index in [-0.39, 0.29) is 11.7 Å². The molecule has 1 atom stereocenters. The first-order valence-electron chi connectivity index (χ1n) is 9.04. The smallest absolute Gasteiger partial charge is 0.235 e. The van der Waals surface area contributed by atoms with Crippen LogP contribution in [0.25, 0.3) is 11.1 Å². The van der Waals surface area contributed by atoms with E-state index in [9.17, 15) is 9.00 Å². The van der Waals surface area contributed by atoms with Gasteiger partial charge in [0.25, 0.3) is 0 Å². The molecule has 2 aromatic rings. The minimum Gasteiger partial charge on any atom is -0.342 e. The second-order valence-corrected chi connectivity index (χ2v) is 8.53. The lowest BCUT2D eigenvalue weighted by Crippen LogP contribution is -2.38. The van der Waals surface area contributed by atoms with Crippen molar-refractivity contribution < 1.29 is 9.00 Å². The molecule has 1 unspecified atom stereocenters. The largest absolute Gasteiger partial charge is 0.342 e. The van der Waals surface area contributed by atoms with Gasteiger partial charge in [0.1, 0.15) is 5.75 Å². The fourth-order valence-electron chi connectivity index (χ4n) is 4.37. The van der Waals surface area contributed by atoms with E-state index < -0.39 is 15.5 Å². The summed E-state index contributed by atoms with van der Waals surface area (Å²) in [7, 11) is -1.29. The summed E-state index contributed by atoms with van der Waals surface area (Å²) in [4.78, 5) is 14.5. The highest BCUT2D eigenvalue weighted by atomic mass is 32.2. The first-order chi connectivity index (χ1) is 12.2. The fraction of sp³-hybridized carbons (Fsp3) is 0.381. The molecule has 2 aliphatic rings. The number of carbonyl (C=O) groups excluding carboxylic acids is 1. The molecule has 4 heteroatoms. The van der Waals surface area contributed by atoms with Gasteiger partial charge in [-0.1, -0.05) is 55.5 Å². The van der Waals surface area contributed by atoms with Gasteiger partial charge in [-0.3, -0.25) is 9.00 Å². The maximum atomic E-state index is 13.6. The van der Waals surface area contributed by atoms with E-state index >= 15 is 0 Å². The van der Waals surface area contributed by atoms with E-state index in [1.54, 1.807) is 0 Å². The number of likely N-dealkylation sites (tertiary alicyclic amines) is 1. The Hall–Kier alpha value is -1.94. The third kappa shape index (κ3) is 2.46. The quantitative estimate of drug-likeness (QED) is 0.841. The summed E-state index contributed by atoms with van der Waals surface area (Å²) in [6.07, 6.45) is 2.84. The number of amides is 1. The summed E-state index contributed by atoms with van der Waals surface area (Å²) in [6, 6.07) is 16.4. The lowest BCUT2D eigenvalue weighted by molar-refractivity contribution is -0.127. The third-order valence-corrected chi connectivity index (χ3v) is 7.63. The summed E-state index contributed by atoms with van der Waals surface area (Å²) in [5.41, 5.74) is 4.52. The van der Waals surface area contributed by atoms with Gasteiger partial charge in [-0.25, -0.2) is 0 Å². The van der Waals surface area contributed by atoms with Gasteiger partial charge < -0.3 is 4.90 Å². The average molecular weight is 353 g/mol. The van der Waals surface area contributed by atoms with Crippen molar-refractivity contribution in [1.82, 2.24) is 4.90 Å². The molecular weight excluding hydrogens is 330 g/mol.